The van der Waals surface area contributed by atoms with Crippen molar-refractivity contribution in [1.82, 2.24) is 10.2 Å². The Hall–Kier alpha value is -0.410. The van der Waals surface area contributed by atoms with Crippen LogP contribution >= 0.6 is 0 Å². The van der Waals surface area contributed by atoms with Gasteiger partial charge in [0.25, 0.3) is 0 Å². The number of carbonyl (C=O) groups is 1. The first-order chi connectivity index (χ1) is 6.24. The van der Waals surface area contributed by atoms with Crippen molar-refractivity contribution in [1.29, 1.82) is 0 Å². The number of nitrogens with zero attached hydrogens (tertiary/aromatic N) is 1. The van der Waals surface area contributed by atoms with E-state index in [2.05, 4.69) is 24.2 Å². The number of nitrogens with one attached hydrogen (secondary N) is 1. The number of likely N-dealkylation sites (N-methyl/N-ethyl adjacent to an activating group) is 1. The molecule has 0 aromatic carbocycles. The minimum absolute atomic E-state index is 0.0989. The van der Waals surface area contributed by atoms with Crippen molar-refractivity contribution < 1.29 is 4.79 Å². The van der Waals surface area contributed by atoms with Gasteiger partial charge in [0.1, 0.15) is 0 Å². The van der Waals surface area contributed by atoms with Gasteiger partial charge in [-0.15, -0.1) is 0 Å². The van der Waals surface area contributed by atoms with Crippen LogP contribution in [0.4, 0.5) is 0 Å². The van der Waals surface area contributed by atoms with Gasteiger partial charge in [0.2, 0.25) is 0 Å². The summed E-state index contributed by atoms with van der Waals surface area (Å²) in [5, 5.41) is 3.22. The molecular weight excluding hydrogens is 164 g/mol. The van der Waals surface area contributed by atoms with E-state index in [0.717, 1.165) is 19.6 Å². The lowest BCUT2D eigenvalue weighted by atomic mass is 10.2. The predicted octanol–water partition coefficient (Wildman–Crippen LogP) is 0.649. The smallest absolute Gasteiger partial charge is 0.152 e. The van der Waals surface area contributed by atoms with Crippen LogP contribution in [0.2, 0.25) is 0 Å². The number of Topliss-reactive ketones (excluding diaryl/α,β-unsaturated/α-hetero) is 1. The zero-order chi connectivity index (χ0) is 9.68. The lowest BCUT2D eigenvalue weighted by Gasteiger charge is -2.19. The van der Waals surface area contributed by atoms with Crippen LogP contribution in [-0.4, -0.2) is 43.4 Å². The molecular formula is C10H20N2O. The van der Waals surface area contributed by atoms with Crippen molar-refractivity contribution in [3.8, 4) is 0 Å². The number of hydrogen-bond donors (Lipinski definition) is 1. The molecule has 3 nitrogen and oxygen atoms in total. The van der Waals surface area contributed by atoms with E-state index in [1.165, 1.54) is 12.8 Å². The largest absolute Gasteiger partial charge is 0.306 e. The van der Waals surface area contributed by atoms with Crippen LogP contribution in [0.3, 0.4) is 0 Å². The minimum atomic E-state index is 0.0989. The summed E-state index contributed by atoms with van der Waals surface area (Å²) in [4.78, 5) is 13.5. The normalized spacial score (nSPS) is 23.0. The fourth-order valence-electron chi connectivity index (χ4n) is 1.66. The zero-order valence-corrected chi connectivity index (χ0v) is 8.68. The van der Waals surface area contributed by atoms with E-state index < -0.39 is 0 Å². The van der Waals surface area contributed by atoms with Gasteiger partial charge in [-0.25, -0.2) is 0 Å². The molecule has 1 N–H and O–H groups in total. The van der Waals surface area contributed by atoms with Gasteiger partial charge in [0.15, 0.2) is 5.78 Å². The van der Waals surface area contributed by atoms with Crippen molar-refractivity contribution >= 4 is 5.78 Å². The molecule has 0 spiro atoms. The highest BCUT2D eigenvalue weighted by atomic mass is 16.1. The van der Waals surface area contributed by atoms with Crippen molar-refractivity contribution in [3.05, 3.63) is 0 Å². The standard InChI is InChI=1S/C10H20N2O/c1-3-4-7-12(2)8-9-10(13)5-6-11-9/h9,11H,3-8H2,1-2H3. The predicted molar refractivity (Wildman–Crippen MR) is 53.8 cm³/mol. The van der Waals surface area contributed by atoms with Crippen LogP contribution in [0, 0.1) is 0 Å². The molecule has 1 fully saturated rings. The second-order valence-electron chi connectivity index (χ2n) is 3.84. The molecule has 0 saturated carbocycles. The third-order valence-corrected chi connectivity index (χ3v) is 2.54. The Morgan fingerprint density at radius 3 is 2.92 bits per heavy atom. The molecule has 13 heavy (non-hydrogen) atoms. The van der Waals surface area contributed by atoms with Crippen LogP contribution in [0.1, 0.15) is 26.2 Å². The van der Waals surface area contributed by atoms with Gasteiger partial charge in [0.05, 0.1) is 6.04 Å². The molecule has 0 aromatic heterocycles. The molecule has 1 aliphatic heterocycles. The first kappa shape index (κ1) is 10.7. The molecule has 0 bridgehead atoms. The van der Waals surface area contributed by atoms with Gasteiger partial charge < -0.3 is 10.2 Å². The Kier molecular flexibility index (Phi) is 4.39. The van der Waals surface area contributed by atoms with Gasteiger partial charge in [-0.3, -0.25) is 4.79 Å². The number of hydrogen-bond acceptors (Lipinski definition) is 3. The second kappa shape index (κ2) is 5.35. The number of carbonyl (C=O) groups excluding carboxylic acids is 1. The highest BCUT2D eigenvalue weighted by Crippen LogP contribution is 2.02. The lowest BCUT2D eigenvalue weighted by Crippen LogP contribution is -2.39. The van der Waals surface area contributed by atoms with E-state index in [0.29, 0.717) is 12.2 Å². The van der Waals surface area contributed by atoms with Gasteiger partial charge in [-0.1, -0.05) is 13.3 Å². The molecule has 1 saturated heterocycles. The maximum atomic E-state index is 11.3. The maximum absolute atomic E-state index is 11.3. The van der Waals surface area contributed by atoms with Crippen LogP contribution in [0.5, 0.6) is 0 Å². The zero-order valence-electron chi connectivity index (χ0n) is 8.68. The number of unbranched alkanes of at least 4 members (excludes halogenated alkanes) is 1. The SMILES string of the molecule is CCCCN(C)CC1NCCC1=O. The summed E-state index contributed by atoms with van der Waals surface area (Å²) in [6.07, 6.45) is 3.15. The van der Waals surface area contributed by atoms with E-state index in [1.54, 1.807) is 0 Å². The fourth-order valence-corrected chi connectivity index (χ4v) is 1.66. The Morgan fingerprint density at radius 1 is 1.62 bits per heavy atom. The van der Waals surface area contributed by atoms with E-state index >= 15 is 0 Å². The van der Waals surface area contributed by atoms with Gasteiger partial charge >= 0.3 is 0 Å². The Labute approximate surface area is 80.5 Å². The number of rotatable bonds is 5. The maximum Gasteiger partial charge on any atom is 0.152 e. The summed E-state index contributed by atoms with van der Waals surface area (Å²) in [6.45, 7) is 5.03. The van der Waals surface area contributed by atoms with Crippen LogP contribution < -0.4 is 5.32 Å². The average Bonchev–Trinajstić information content (AvgIpc) is 2.48. The van der Waals surface area contributed by atoms with Crippen LogP contribution in [0.25, 0.3) is 0 Å². The van der Waals surface area contributed by atoms with Crippen molar-refractivity contribution in [2.45, 2.75) is 32.2 Å². The Bertz CT molecular complexity index is 170. The molecule has 0 aliphatic carbocycles. The van der Waals surface area contributed by atoms with Crippen LogP contribution in [0.15, 0.2) is 0 Å². The highest BCUT2D eigenvalue weighted by Gasteiger charge is 2.24. The first-order valence-electron chi connectivity index (χ1n) is 5.18. The third-order valence-electron chi connectivity index (χ3n) is 2.54. The molecule has 1 heterocycles. The van der Waals surface area contributed by atoms with E-state index in [4.69, 9.17) is 0 Å². The molecule has 1 rings (SSSR count). The molecule has 1 aliphatic rings. The van der Waals surface area contributed by atoms with Crippen LogP contribution in [-0.2, 0) is 4.79 Å². The number of ketones is 1. The lowest BCUT2D eigenvalue weighted by molar-refractivity contribution is -0.119. The summed E-state index contributed by atoms with van der Waals surface area (Å²) in [6, 6.07) is 0.0989. The van der Waals surface area contributed by atoms with Crippen molar-refractivity contribution in [2.75, 3.05) is 26.7 Å². The summed E-state index contributed by atoms with van der Waals surface area (Å²) in [7, 11) is 2.09. The summed E-state index contributed by atoms with van der Waals surface area (Å²) in [5.74, 6) is 0.378. The average molecular weight is 184 g/mol. The summed E-state index contributed by atoms with van der Waals surface area (Å²) < 4.78 is 0. The van der Waals surface area contributed by atoms with Gasteiger partial charge in [0, 0.05) is 19.5 Å². The molecule has 0 radical (unpaired) electrons. The fraction of sp³-hybridized carbons (Fsp3) is 0.900. The second-order valence-corrected chi connectivity index (χ2v) is 3.84. The molecule has 0 amide bonds. The monoisotopic (exact) mass is 184 g/mol. The first-order valence-corrected chi connectivity index (χ1v) is 5.18. The van der Waals surface area contributed by atoms with Gasteiger partial charge in [-0.05, 0) is 20.0 Å². The molecule has 3 heteroatoms. The van der Waals surface area contributed by atoms with E-state index in [9.17, 15) is 4.79 Å². The van der Waals surface area contributed by atoms with Crippen molar-refractivity contribution in [3.63, 3.8) is 0 Å². The topological polar surface area (TPSA) is 32.3 Å². The molecule has 1 unspecified atom stereocenters. The van der Waals surface area contributed by atoms with E-state index in [1.807, 2.05) is 0 Å². The highest BCUT2D eigenvalue weighted by molar-refractivity contribution is 5.86. The minimum Gasteiger partial charge on any atom is -0.306 e. The molecule has 0 aromatic rings. The summed E-state index contributed by atoms with van der Waals surface area (Å²) >= 11 is 0. The third kappa shape index (κ3) is 3.44. The molecule has 76 valence electrons. The van der Waals surface area contributed by atoms with Gasteiger partial charge in [-0.2, -0.15) is 0 Å². The summed E-state index contributed by atoms with van der Waals surface area (Å²) in [5.41, 5.74) is 0. The Balaban J connectivity index is 2.19. The Morgan fingerprint density at radius 2 is 2.38 bits per heavy atom. The van der Waals surface area contributed by atoms with Crippen molar-refractivity contribution in [2.24, 2.45) is 0 Å². The quantitative estimate of drug-likeness (QED) is 0.681. The van der Waals surface area contributed by atoms with E-state index in [-0.39, 0.29) is 6.04 Å². The molecule has 1 atom stereocenters.